The van der Waals surface area contributed by atoms with Gasteiger partial charge in [0.05, 0.1) is 4.92 Å². The molecule has 1 aromatic heterocycles. The number of carbonyl (C=O) groups excluding carboxylic acids is 1. The third-order valence-electron chi connectivity index (χ3n) is 4.66. The highest BCUT2D eigenvalue weighted by molar-refractivity contribution is 5.75. The Bertz CT molecular complexity index is 986. The number of primary amides is 1. The van der Waals surface area contributed by atoms with Crippen LogP contribution in [0.5, 0.6) is 0 Å². The van der Waals surface area contributed by atoms with Crippen LogP contribution in [0, 0.1) is 10.1 Å². The molecule has 8 heteroatoms. The maximum Gasteiger partial charge on any atom is 0.271 e. The number of nitrogens with two attached hydrogens (primary N) is 1. The molecule has 0 radical (unpaired) electrons. The highest BCUT2D eigenvalue weighted by atomic mass is 16.6. The molecule has 0 fully saturated rings. The number of rotatable bonds is 9. The number of carbonyl (C=O) groups is 1. The van der Waals surface area contributed by atoms with Gasteiger partial charge in [-0.15, -0.1) is 0 Å². The first-order valence-corrected chi connectivity index (χ1v) is 8.97. The number of nitro benzene ring substituents is 1. The van der Waals surface area contributed by atoms with Crippen LogP contribution in [0.4, 0.5) is 5.69 Å². The Morgan fingerprint density at radius 3 is 2.64 bits per heavy atom. The van der Waals surface area contributed by atoms with Crippen LogP contribution >= 0.6 is 0 Å². The molecule has 1 atom stereocenters. The van der Waals surface area contributed by atoms with Crippen LogP contribution in [0.25, 0.3) is 11.1 Å². The van der Waals surface area contributed by atoms with Gasteiger partial charge in [0.25, 0.3) is 5.69 Å². The number of oxazole rings is 1. The standard InChI is InChI=1S/C20H21N3O5/c21-18(24)7-4-11-20(25,12-10-14-5-2-1-3-6-14)19-22-16-13-15(23(26)27)8-9-17(16)28-19/h1-3,5-6,8-9,13,25H,4,7,10-12H2,(H2,21,24). The van der Waals surface area contributed by atoms with Crippen LogP contribution in [-0.2, 0) is 16.8 Å². The molecule has 1 amide bonds. The first kappa shape index (κ1) is 19.5. The van der Waals surface area contributed by atoms with E-state index < -0.39 is 16.4 Å². The van der Waals surface area contributed by atoms with Crippen molar-refractivity contribution in [1.82, 2.24) is 4.98 Å². The lowest BCUT2D eigenvalue weighted by molar-refractivity contribution is -0.384. The van der Waals surface area contributed by atoms with E-state index in [1.807, 2.05) is 30.3 Å². The van der Waals surface area contributed by atoms with Crippen molar-refractivity contribution in [3.05, 3.63) is 70.1 Å². The van der Waals surface area contributed by atoms with Gasteiger partial charge < -0.3 is 15.3 Å². The fraction of sp³-hybridized carbons (Fsp3) is 0.300. The maximum absolute atomic E-state index is 11.3. The number of hydrogen-bond acceptors (Lipinski definition) is 6. The molecule has 0 aliphatic heterocycles. The number of hydrogen-bond donors (Lipinski definition) is 2. The van der Waals surface area contributed by atoms with Crippen molar-refractivity contribution in [3.63, 3.8) is 0 Å². The Labute approximate surface area is 161 Å². The number of aromatic nitrogens is 1. The van der Waals surface area contributed by atoms with Gasteiger partial charge >= 0.3 is 0 Å². The summed E-state index contributed by atoms with van der Waals surface area (Å²) in [5.74, 6) is -0.359. The number of nitrogens with zero attached hydrogens (tertiary/aromatic N) is 2. The molecule has 0 bridgehead atoms. The monoisotopic (exact) mass is 383 g/mol. The molecule has 1 heterocycles. The number of aryl methyl sites for hydroxylation is 1. The van der Waals surface area contributed by atoms with Gasteiger partial charge in [0, 0.05) is 18.6 Å². The lowest BCUT2D eigenvalue weighted by Gasteiger charge is -2.24. The summed E-state index contributed by atoms with van der Waals surface area (Å²) in [7, 11) is 0. The van der Waals surface area contributed by atoms with Crippen LogP contribution in [0.1, 0.15) is 37.1 Å². The molecule has 0 saturated carbocycles. The van der Waals surface area contributed by atoms with Gasteiger partial charge in [-0.2, -0.15) is 0 Å². The van der Waals surface area contributed by atoms with Crippen molar-refractivity contribution >= 4 is 22.7 Å². The Morgan fingerprint density at radius 2 is 1.96 bits per heavy atom. The molecule has 0 aliphatic rings. The third kappa shape index (κ3) is 4.52. The second-order valence-electron chi connectivity index (χ2n) is 6.77. The third-order valence-corrected chi connectivity index (χ3v) is 4.66. The van der Waals surface area contributed by atoms with Crippen LogP contribution in [0.3, 0.4) is 0 Å². The summed E-state index contributed by atoms with van der Waals surface area (Å²) in [6.45, 7) is 0. The number of nitro groups is 1. The summed E-state index contributed by atoms with van der Waals surface area (Å²) >= 11 is 0. The number of fused-ring (bicyclic) bond motifs is 1. The molecule has 3 aromatic rings. The van der Waals surface area contributed by atoms with Crippen molar-refractivity contribution < 1.29 is 19.2 Å². The molecule has 1 unspecified atom stereocenters. The second kappa shape index (κ2) is 8.18. The van der Waals surface area contributed by atoms with Gasteiger partial charge in [-0.25, -0.2) is 4.98 Å². The molecule has 8 nitrogen and oxygen atoms in total. The lowest BCUT2D eigenvalue weighted by Crippen LogP contribution is -2.27. The van der Waals surface area contributed by atoms with Gasteiger partial charge in [-0.3, -0.25) is 14.9 Å². The zero-order chi connectivity index (χ0) is 20.1. The van der Waals surface area contributed by atoms with Gasteiger partial charge in [0.15, 0.2) is 5.58 Å². The minimum atomic E-state index is -1.42. The highest BCUT2D eigenvalue weighted by Crippen LogP contribution is 2.34. The average molecular weight is 383 g/mol. The number of amides is 1. The van der Waals surface area contributed by atoms with Crippen LogP contribution < -0.4 is 5.73 Å². The predicted octanol–water partition coefficient (Wildman–Crippen LogP) is 3.21. The Morgan fingerprint density at radius 1 is 1.21 bits per heavy atom. The molecule has 0 spiro atoms. The summed E-state index contributed by atoms with van der Waals surface area (Å²) < 4.78 is 5.71. The molecule has 0 aliphatic carbocycles. The largest absolute Gasteiger partial charge is 0.438 e. The quantitative estimate of drug-likeness (QED) is 0.431. The minimum Gasteiger partial charge on any atom is -0.438 e. The number of non-ortho nitro benzene ring substituents is 1. The fourth-order valence-electron chi connectivity index (χ4n) is 3.12. The first-order valence-electron chi connectivity index (χ1n) is 8.97. The van der Waals surface area contributed by atoms with E-state index in [1.54, 1.807) is 0 Å². The van der Waals surface area contributed by atoms with E-state index in [4.69, 9.17) is 10.2 Å². The Balaban J connectivity index is 1.89. The maximum atomic E-state index is 11.3. The summed E-state index contributed by atoms with van der Waals surface area (Å²) in [4.78, 5) is 25.8. The molecule has 3 rings (SSSR count). The van der Waals surface area contributed by atoms with Crippen LogP contribution in [0.2, 0.25) is 0 Å². The van der Waals surface area contributed by atoms with E-state index in [2.05, 4.69) is 4.98 Å². The van der Waals surface area contributed by atoms with E-state index in [1.165, 1.54) is 18.2 Å². The molecule has 28 heavy (non-hydrogen) atoms. The molecule has 146 valence electrons. The summed E-state index contributed by atoms with van der Waals surface area (Å²) in [5, 5.41) is 22.3. The minimum absolute atomic E-state index is 0.0865. The van der Waals surface area contributed by atoms with E-state index in [0.717, 1.165) is 5.56 Å². The van der Waals surface area contributed by atoms with Gasteiger partial charge in [-0.1, -0.05) is 30.3 Å². The van der Waals surface area contributed by atoms with Crippen molar-refractivity contribution in [3.8, 4) is 0 Å². The first-order chi connectivity index (χ1) is 13.4. The van der Waals surface area contributed by atoms with E-state index in [-0.39, 0.29) is 24.4 Å². The molecular weight excluding hydrogens is 362 g/mol. The second-order valence-corrected chi connectivity index (χ2v) is 6.77. The molecular formula is C20H21N3O5. The SMILES string of the molecule is NC(=O)CCCC(O)(CCc1ccccc1)c1nc2cc([N+](=O)[O-])ccc2o1. The zero-order valence-electron chi connectivity index (χ0n) is 15.2. The highest BCUT2D eigenvalue weighted by Gasteiger charge is 2.34. The summed E-state index contributed by atoms with van der Waals surface area (Å²) in [5.41, 5.74) is 5.39. The fourth-order valence-corrected chi connectivity index (χ4v) is 3.12. The van der Waals surface area contributed by atoms with Crippen molar-refractivity contribution in [2.24, 2.45) is 5.73 Å². The molecule has 0 saturated heterocycles. The number of aliphatic hydroxyl groups is 1. The van der Waals surface area contributed by atoms with E-state index in [0.29, 0.717) is 30.4 Å². The van der Waals surface area contributed by atoms with Gasteiger partial charge in [0.1, 0.15) is 11.1 Å². The van der Waals surface area contributed by atoms with Crippen molar-refractivity contribution in [2.75, 3.05) is 0 Å². The molecule has 2 aromatic carbocycles. The van der Waals surface area contributed by atoms with Crippen LogP contribution in [-0.4, -0.2) is 20.9 Å². The Hall–Kier alpha value is -3.26. The van der Waals surface area contributed by atoms with Gasteiger partial charge in [-0.05, 0) is 37.3 Å². The Kier molecular flexibility index (Phi) is 5.70. The van der Waals surface area contributed by atoms with E-state index >= 15 is 0 Å². The topological polar surface area (TPSA) is 132 Å². The van der Waals surface area contributed by atoms with Crippen molar-refractivity contribution in [2.45, 2.75) is 37.7 Å². The summed E-state index contributed by atoms with van der Waals surface area (Å²) in [6, 6.07) is 13.8. The predicted molar refractivity (Wildman–Crippen MR) is 102 cm³/mol. The average Bonchev–Trinajstić information content (AvgIpc) is 3.11. The summed E-state index contributed by atoms with van der Waals surface area (Å²) in [6.07, 6.45) is 1.65. The zero-order valence-corrected chi connectivity index (χ0v) is 15.2. The smallest absolute Gasteiger partial charge is 0.271 e. The van der Waals surface area contributed by atoms with Gasteiger partial charge in [0.2, 0.25) is 11.8 Å². The van der Waals surface area contributed by atoms with Crippen LogP contribution in [0.15, 0.2) is 52.9 Å². The van der Waals surface area contributed by atoms with Crippen molar-refractivity contribution in [1.29, 1.82) is 0 Å². The normalized spacial score (nSPS) is 13.3. The lowest BCUT2D eigenvalue weighted by atomic mass is 9.89. The number of benzene rings is 2. The molecule has 3 N–H and O–H groups in total. The van der Waals surface area contributed by atoms with E-state index in [9.17, 15) is 20.0 Å².